The van der Waals surface area contributed by atoms with E-state index in [0.29, 0.717) is 19.4 Å². The molecule has 3 heteroatoms. The number of hydrogen-bond donors (Lipinski definition) is 2. The Labute approximate surface area is 95.7 Å². The van der Waals surface area contributed by atoms with Crippen molar-refractivity contribution < 1.29 is 14.9 Å². The Hall–Kier alpha value is -1.06. The third-order valence-electron chi connectivity index (χ3n) is 3.09. The van der Waals surface area contributed by atoms with Crippen LogP contribution in [-0.4, -0.2) is 29.0 Å². The number of phenols is 1. The summed E-state index contributed by atoms with van der Waals surface area (Å²) in [6.45, 7) is 1.36. The summed E-state index contributed by atoms with van der Waals surface area (Å²) in [6, 6.07) is 7.10. The highest BCUT2D eigenvalue weighted by atomic mass is 16.5. The van der Waals surface area contributed by atoms with Gasteiger partial charge in [0.2, 0.25) is 0 Å². The first-order valence-electron chi connectivity index (χ1n) is 5.76. The van der Waals surface area contributed by atoms with Gasteiger partial charge in [0, 0.05) is 19.6 Å². The monoisotopic (exact) mass is 222 g/mol. The van der Waals surface area contributed by atoms with Crippen LogP contribution in [-0.2, 0) is 11.2 Å². The van der Waals surface area contributed by atoms with Gasteiger partial charge >= 0.3 is 0 Å². The van der Waals surface area contributed by atoms with Gasteiger partial charge in [0.25, 0.3) is 0 Å². The Morgan fingerprint density at radius 3 is 2.94 bits per heavy atom. The molecule has 16 heavy (non-hydrogen) atoms. The zero-order valence-corrected chi connectivity index (χ0v) is 9.35. The molecule has 1 fully saturated rings. The van der Waals surface area contributed by atoms with Crippen LogP contribution >= 0.6 is 0 Å². The summed E-state index contributed by atoms with van der Waals surface area (Å²) < 4.78 is 5.34. The molecule has 88 valence electrons. The van der Waals surface area contributed by atoms with Crippen LogP contribution in [0, 0.1) is 0 Å². The molecule has 1 unspecified atom stereocenters. The van der Waals surface area contributed by atoms with Gasteiger partial charge in [-0.1, -0.05) is 12.1 Å². The van der Waals surface area contributed by atoms with Gasteiger partial charge in [-0.25, -0.2) is 0 Å². The average Bonchev–Trinajstić information content (AvgIpc) is 2.43. The number of ether oxygens (including phenoxy) is 1. The standard InChI is InChI=1S/C13H18O3/c14-12-4-1-3-11(9-12)10-13(15)5-2-7-16-8-6-13/h1,3-4,9,14-15H,2,5-8,10H2. The number of aliphatic hydroxyl groups is 1. The maximum atomic E-state index is 10.4. The Balaban J connectivity index is 2.06. The lowest BCUT2D eigenvalue weighted by Gasteiger charge is -2.26. The lowest BCUT2D eigenvalue weighted by atomic mass is 9.88. The van der Waals surface area contributed by atoms with Gasteiger partial charge in [-0.15, -0.1) is 0 Å². The minimum Gasteiger partial charge on any atom is -0.508 e. The first kappa shape index (κ1) is 11.4. The molecule has 0 spiro atoms. The molecule has 0 saturated carbocycles. The molecule has 1 heterocycles. The summed E-state index contributed by atoms with van der Waals surface area (Å²) in [5, 5.41) is 19.8. The minimum absolute atomic E-state index is 0.256. The van der Waals surface area contributed by atoms with E-state index in [2.05, 4.69) is 0 Å². The third kappa shape index (κ3) is 2.97. The number of aromatic hydroxyl groups is 1. The van der Waals surface area contributed by atoms with Gasteiger partial charge in [0.1, 0.15) is 5.75 Å². The number of phenolic OH excluding ortho intramolecular Hbond substituents is 1. The van der Waals surface area contributed by atoms with Crippen molar-refractivity contribution in [2.24, 2.45) is 0 Å². The molecule has 0 radical (unpaired) electrons. The molecular weight excluding hydrogens is 204 g/mol. The fourth-order valence-corrected chi connectivity index (χ4v) is 2.22. The van der Waals surface area contributed by atoms with Gasteiger partial charge in [-0.2, -0.15) is 0 Å². The highest BCUT2D eigenvalue weighted by Crippen LogP contribution is 2.26. The first-order valence-corrected chi connectivity index (χ1v) is 5.76. The second-order valence-electron chi connectivity index (χ2n) is 4.54. The molecule has 0 aliphatic carbocycles. The summed E-state index contributed by atoms with van der Waals surface area (Å²) in [6.07, 6.45) is 2.92. The summed E-state index contributed by atoms with van der Waals surface area (Å²) in [5.74, 6) is 0.256. The van der Waals surface area contributed by atoms with E-state index >= 15 is 0 Å². The van der Waals surface area contributed by atoms with Crippen molar-refractivity contribution in [2.45, 2.75) is 31.3 Å². The number of hydrogen-bond acceptors (Lipinski definition) is 3. The van der Waals surface area contributed by atoms with Gasteiger partial charge < -0.3 is 14.9 Å². The van der Waals surface area contributed by atoms with E-state index in [9.17, 15) is 10.2 Å². The van der Waals surface area contributed by atoms with Crippen LogP contribution in [0.15, 0.2) is 24.3 Å². The van der Waals surface area contributed by atoms with Crippen molar-refractivity contribution in [3.63, 3.8) is 0 Å². The second kappa shape index (κ2) is 4.85. The van der Waals surface area contributed by atoms with Crippen LogP contribution in [0.2, 0.25) is 0 Å². The Morgan fingerprint density at radius 1 is 1.25 bits per heavy atom. The molecule has 2 N–H and O–H groups in total. The quantitative estimate of drug-likeness (QED) is 0.803. The van der Waals surface area contributed by atoms with Gasteiger partial charge in [-0.05, 0) is 37.0 Å². The van der Waals surface area contributed by atoms with E-state index in [4.69, 9.17) is 4.74 Å². The van der Waals surface area contributed by atoms with E-state index in [-0.39, 0.29) is 5.75 Å². The minimum atomic E-state index is -0.676. The van der Waals surface area contributed by atoms with E-state index in [0.717, 1.165) is 25.0 Å². The Bertz CT molecular complexity index is 341. The lowest BCUT2D eigenvalue weighted by Crippen LogP contribution is -2.31. The molecule has 0 amide bonds. The smallest absolute Gasteiger partial charge is 0.115 e. The maximum Gasteiger partial charge on any atom is 0.115 e. The van der Waals surface area contributed by atoms with Gasteiger partial charge in [-0.3, -0.25) is 0 Å². The fraction of sp³-hybridized carbons (Fsp3) is 0.538. The zero-order chi connectivity index (χ0) is 11.4. The van der Waals surface area contributed by atoms with E-state index in [1.165, 1.54) is 0 Å². The largest absolute Gasteiger partial charge is 0.508 e. The third-order valence-corrected chi connectivity index (χ3v) is 3.09. The molecule has 0 aromatic heterocycles. The van der Waals surface area contributed by atoms with Crippen molar-refractivity contribution in [3.8, 4) is 5.75 Å². The van der Waals surface area contributed by atoms with Crippen LogP contribution in [0.3, 0.4) is 0 Å². The second-order valence-corrected chi connectivity index (χ2v) is 4.54. The van der Waals surface area contributed by atoms with E-state index in [1.54, 1.807) is 18.2 Å². The molecule has 3 nitrogen and oxygen atoms in total. The molecule has 1 aromatic carbocycles. The fourth-order valence-electron chi connectivity index (χ4n) is 2.22. The first-order chi connectivity index (χ1) is 7.68. The van der Waals surface area contributed by atoms with Crippen molar-refractivity contribution >= 4 is 0 Å². The zero-order valence-electron chi connectivity index (χ0n) is 9.35. The van der Waals surface area contributed by atoms with Gasteiger partial charge in [0.15, 0.2) is 0 Å². The lowest BCUT2D eigenvalue weighted by molar-refractivity contribution is 0.0188. The number of benzene rings is 1. The van der Waals surface area contributed by atoms with E-state index < -0.39 is 5.60 Å². The molecule has 1 aliphatic heterocycles. The molecule has 1 saturated heterocycles. The Morgan fingerprint density at radius 2 is 2.12 bits per heavy atom. The SMILES string of the molecule is Oc1cccc(CC2(O)CCCOCC2)c1. The van der Waals surface area contributed by atoms with Crippen molar-refractivity contribution in [2.75, 3.05) is 13.2 Å². The van der Waals surface area contributed by atoms with Crippen molar-refractivity contribution in [1.29, 1.82) is 0 Å². The molecular formula is C13H18O3. The highest BCUT2D eigenvalue weighted by Gasteiger charge is 2.28. The predicted molar refractivity (Wildman–Crippen MR) is 61.4 cm³/mol. The van der Waals surface area contributed by atoms with Crippen LogP contribution in [0.5, 0.6) is 5.75 Å². The van der Waals surface area contributed by atoms with Gasteiger partial charge in [0.05, 0.1) is 5.60 Å². The number of rotatable bonds is 2. The summed E-state index contributed by atoms with van der Waals surface area (Å²) in [5.41, 5.74) is 0.300. The topological polar surface area (TPSA) is 49.7 Å². The summed E-state index contributed by atoms with van der Waals surface area (Å²) in [4.78, 5) is 0. The highest BCUT2D eigenvalue weighted by molar-refractivity contribution is 5.28. The molecule has 1 aromatic rings. The predicted octanol–water partition coefficient (Wildman–Crippen LogP) is 1.87. The average molecular weight is 222 g/mol. The summed E-state index contributed by atoms with van der Waals surface area (Å²) in [7, 11) is 0. The van der Waals surface area contributed by atoms with Crippen LogP contribution in [0.1, 0.15) is 24.8 Å². The maximum absolute atomic E-state index is 10.4. The summed E-state index contributed by atoms with van der Waals surface area (Å²) >= 11 is 0. The normalized spacial score (nSPS) is 26.3. The van der Waals surface area contributed by atoms with Crippen LogP contribution in [0.4, 0.5) is 0 Å². The molecule has 1 aliphatic rings. The van der Waals surface area contributed by atoms with Crippen LogP contribution in [0.25, 0.3) is 0 Å². The van der Waals surface area contributed by atoms with Crippen LogP contribution < -0.4 is 0 Å². The van der Waals surface area contributed by atoms with Crippen molar-refractivity contribution in [3.05, 3.63) is 29.8 Å². The van der Waals surface area contributed by atoms with Crippen molar-refractivity contribution in [1.82, 2.24) is 0 Å². The van der Waals surface area contributed by atoms with E-state index in [1.807, 2.05) is 6.07 Å². The molecule has 2 rings (SSSR count). The molecule has 0 bridgehead atoms. The Kier molecular flexibility index (Phi) is 3.46. The molecule has 1 atom stereocenters.